The number of nitrogens with one attached hydrogen (secondary N) is 1. The van der Waals surface area contributed by atoms with Gasteiger partial charge in [0.2, 0.25) is 5.91 Å². The lowest BCUT2D eigenvalue weighted by atomic mass is 10.1. The Morgan fingerprint density at radius 3 is 2.83 bits per heavy atom. The van der Waals surface area contributed by atoms with Gasteiger partial charge in [0, 0.05) is 5.92 Å². The Hall–Kier alpha value is -1.42. The minimum Gasteiger partial charge on any atom is -0.302 e. The van der Waals surface area contributed by atoms with Crippen molar-refractivity contribution in [3.63, 3.8) is 0 Å². The van der Waals surface area contributed by atoms with Crippen molar-refractivity contribution >= 4 is 32.6 Å². The van der Waals surface area contributed by atoms with Crippen LogP contribution < -0.4 is 5.32 Å². The summed E-state index contributed by atoms with van der Waals surface area (Å²) in [6, 6.07) is 4.22. The molecule has 0 saturated carbocycles. The molecule has 1 atom stereocenters. The number of carbonyl (C=O) groups excluding carboxylic acids is 1. The van der Waals surface area contributed by atoms with E-state index in [4.69, 9.17) is 0 Å². The van der Waals surface area contributed by atoms with Gasteiger partial charge in [-0.25, -0.2) is 4.98 Å². The zero-order valence-electron chi connectivity index (χ0n) is 11.2. The van der Waals surface area contributed by atoms with Gasteiger partial charge in [-0.2, -0.15) is 0 Å². The van der Waals surface area contributed by atoms with Gasteiger partial charge in [0.05, 0.1) is 10.2 Å². The number of fused-ring (bicyclic) bond motifs is 1. The van der Waals surface area contributed by atoms with Crippen LogP contribution in [0.2, 0.25) is 0 Å². The molecule has 18 heavy (non-hydrogen) atoms. The predicted molar refractivity (Wildman–Crippen MR) is 77.2 cm³/mol. The molecule has 0 saturated heterocycles. The van der Waals surface area contributed by atoms with E-state index in [2.05, 4.69) is 36.3 Å². The predicted octanol–water partition coefficient (Wildman–Crippen LogP) is 3.90. The molecule has 0 spiro atoms. The van der Waals surface area contributed by atoms with Crippen molar-refractivity contribution in [3.8, 4) is 0 Å². The van der Waals surface area contributed by atoms with Crippen LogP contribution in [-0.4, -0.2) is 10.9 Å². The van der Waals surface area contributed by atoms with Crippen LogP contribution in [0.25, 0.3) is 10.2 Å². The van der Waals surface area contributed by atoms with Gasteiger partial charge in [-0.3, -0.25) is 4.79 Å². The molecule has 3 nitrogen and oxygen atoms in total. The molecule has 0 aliphatic carbocycles. The second-order valence-corrected chi connectivity index (χ2v) is 5.78. The molecule has 0 aliphatic heterocycles. The van der Waals surface area contributed by atoms with Crippen LogP contribution in [0.15, 0.2) is 12.1 Å². The number of rotatable bonds is 3. The van der Waals surface area contributed by atoms with Gasteiger partial charge < -0.3 is 5.32 Å². The van der Waals surface area contributed by atoms with Gasteiger partial charge in [0.1, 0.15) is 0 Å². The molecule has 1 aromatic heterocycles. The first-order valence-electron chi connectivity index (χ1n) is 6.20. The number of hydrogen-bond donors (Lipinski definition) is 1. The maximum absolute atomic E-state index is 11.8. The molecular formula is C14H18N2OS. The van der Waals surface area contributed by atoms with Crippen molar-refractivity contribution in [1.29, 1.82) is 0 Å². The van der Waals surface area contributed by atoms with Gasteiger partial charge >= 0.3 is 0 Å². The molecule has 0 bridgehead atoms. The van der Waals surface area contributed by atoms with E-state index in [0.717, 1.165) is 22.2 Å². The molecule has 1 N–H and O–H groups in total. The number of amides is 1. The fourth-order valence-corrected chi connectivity index (χ4v) is 2.88. The Balaban J connectivity index is 2.31. The smallest absolute Gasteiger partial charge is 0.228 e. The standard InChI is InChI=1S/C14H18N2OS/c1-5-9(3)13(17)16-14-15-12-10(4)6-8(2)7-11(12)18-14/h6-7,9H,5H2,1-4H3,(H,15,16,17)/t9-/m1/s1. The molecule has 0 fully saturated rings. The van der Waals surface area contributed by atoms with Crippen LogP contribution in [0.1, 0.15) is 31.4 Å². The lowest BCUT2D eigenvalue weighted by Gasteiger charge is -2.06. The number of thiazole rings is 1. The van der Waals surface area contributed by atoms with Crippen molar-refractivity contribution in [1.82, 2.24) is 4.98 Å². The van der Waals surface area contributed by atoms with E-state index in [-0.39, 0.29) is 11.8 Å². The number of anilines is 1. The van der Waals surface area contributed by atoms with E-state index in [0.29, 0.717) is 5.13 Å². The normalized spacial score (nSPS) is 12.7. The van der Waals surface area contributed by atoms with E-state index in [1.807, 2.05) is 13.8 Å². The van der Waals surface area contributed by atoms with Gasteiger partial charge in [0.15, 0.2) is 5.13 Å². The Kier molecular flexibility index (Phi) is 3.66. The number of benzene rings is 1. The van der Waals surface area contributed by atoms with Crippen LogP contribution in [0, 0.1) is 19.8 Å². The second kappa shape index (κ2) is 5.06. The first-order valence-corrected chi connectivity index (χ1v) is 7.01. The fourth-order valence-electron chi connectivity index (χ4n) is 1.84. The fraction of sp³-hybridized carbons (Fsp3) is 0.429. The molecule has 1 amide bonds. The highest BCUT2D eigenvalue weighted by molar-refractivity contribution is 7.22. The number of carbonyl (C=O) groups is 1. The van der Waals surface area contributed by atoms with Gasteiger partial charge in [0.25, 0.3) is 0 Å². The minimum atomic E-state index is 0.0276. The highest BCUT2D eigenvalue weighted by Crippen LogP contribution is 2.29. The Morgan fingerprint density at radius 1 is 1.44 bits per heavy atom. The van der Waals surface area contributed by atoms with Gasteiger partial charge in [-0.15, -0.1) is 0 Å². The largest absolute Gasteiger partial charge is 0.302 e. The van der Waals surface area contributed by atoms with Gasteiger partial charge in [-0.05, 0) is 37.5 Å². The second-order valence-electron chi connectivity index (χ2n) is 4.75. The summed E-state index contributed by atoms with van der Waals surface area (Å²) < 4.78 is 1.13. The Morgan fingerprint density at radius 2 is 2.17 bits per heavy atom. The minimum absolute atomic E-state index is 0.0276. The van der Waals surface area contributed by atoms with E-state index in [1.165, 1.54) is 16.9 Å². The lowest BCUT2D eigenvalue weighted by molar-refractivity contribution is -0.119. The zero-order valence-corrected chi connectivity index (χ0v) is 12.0. The molecule has 0 aliphatic rings. The molecule has 0 unspecified atom stereocenters. The Bertz CT molecular complexity index is 589. The number of aryl methyl sites for hydroxylation is 2. The van der Waals surface area contributed by atoms with Gasteiger partial charge in [-0.1, -0.05) is 31.3 Å². The van der Waals surface area contributed by atoms with Crippen LogP contribution in [0.3, 0.4) is 0 Å². The third-order valence-corrected chi connectivity index (χ3v) is 4.04. The number of hydrogen-bond acceptors (Lipinski definition) is 3. The quantitative estimate of drug-likeness (QED) is 0.911. The maximum atomic E-state index is 11.8. The van der Waals surface area contributed by atoms with E-state index in [9.17, 15) is 4.79 Å². The zero-order chi connectivity index (χ0) is 13.3. The molecule has 0 radical (unpaired) electrons. The molecule has 2 aromatic rings. The number of aromatic nitrogens is 1. The van der Waals surface area contributed by atoms with Crippen LogP contribution in [-0.2, 0) is 4.79 Å². The summed E-state index contributed by atoms with van der Waals surface area (Å²) in [6.07, 6.45) is 0.842. The summed E-state index contributed by atoms with van der Waals surface area (Å²) in [5.41, 5.74) is 3.37. The third-order valence-electron chi connectivity index (χ3n) is 3.12. The van der Waals surface area contributed by atoms with Crippen LogP contribution >= 0.6 is 11.3 Å². The van der Waals surface area contributed by atoms with Crippen molar-refractivity contribution in [3.05, 3.63) is 23.3 Å². The summed E-state index contributed by atoms with van der Waals surface area (Å²) in [7, 11) is 0. The third kappa shape index (κ3) is 2.53. The first-order chi connectivity index (χ1) is 8.51. The van der Waals surface area contributed by atoms with Crippen molar-refractivity contribution in [2.24, 2.45) is 5.92 Å². The topological polar surface area (TPSA) is 42.0 Å². The molecule has 2 rings (SSSR count). The monoisotopic (exact) mass is 262 g/mol. The summed E-state index contributed by atoms with van der Waals surface area (Å²) in [6.45, 7) is 8.06. The highest BCUT2D eigenvalue weighted by atomic mass is 32.1. The van der Waals surface area contributed by atoms with E-state index in [1.54, 1.807) is 0 Å². The number of nitrogens with zero attached hydrogens (tertiary/aromatic N) is 1. The molecule has 96 valence electrons. The summed E-state index contributed by atoms with van der Waals surface area (Å²) >= 11 is 1.54. The summed E-state index contributed by atoms with van der Waals surface area (Å²) in [5.74, 6) is 0.0748. The molecular weight excluding hydrogens is 244 g/mol. The van der Waals surface area contributed by atoms with Crippen LogP contribution in [0.4, 0.5) is 5.13 Å². The van der Waals surface area contributed by atoms with Crippen molar-refractivity contribution in [2.75, 3.05) is 5.32 Å². The molecule has 1 aromatic carbocycles. The highest BCUT2D eigenvalue weighted by Gasteiger charge is 2.13. The Labute approximate surface area is 111 Å². The molecule has 4 heteroatoms. The lowest BCUT2D eigenvalue weighted by Crippen LogP contribution is -2.19. The first kappa shape index (κ1) is 13.0. The van der Waals surface area contributed by atoms with Crippen molar-refractivity contribution in [2.45, 2.75) is 34.1 Å². The summed E-state index contributed by atoms with van der Waals surface area (Å²) in [5, 5.41) is 3.60. The average molecular weight is 262 g/mol. The SMILES string of the molecule is CC[C@@H](C)C(=O)Nc1nc2c(C)cc(C)cc2s1. The molecule has 1 heterocycles. The maximum Gasteiger partial charge on any atom is 0.228 e. The van der Waals surface area contributed by atoms with Crippen LogP contribution in [0.5, 0.6) is 0 Å². The summed E-state index contributed by atoms with van der Waals surface area (Å²) in [4.78, 5) is 16.3. The van der Waals surface area contributed by atoms with E-state index < -0.39 is 0 Å². The van der Waals surface area contributed by atoms with E-state index >= 15 is 0 Å². The average Bonchev–Trinajstić information content (AvgIpc) is 2.70. The van der Waals surface area contributed by atoms with Crippen molar-refractivity contribution < 1.29 is 4.79 Å².